The first-order valence-electron chi connectivity index (χ1n) is 6.79. The zero-order valence-electron chi connectivity index (χ0n) is 12.0. The second kappa shape index (κ2) is 7.44. The van der Waals surface area contributed by atoms with Crippen LogP contribution >= 0.6 is 0 Å². The molecule has 0 aliphatic rings. The van der Waals surface area contributed by atoms with E-state index < -0.39 is 0 Å². The van der Waals surface area contributed by atoms with Crippen molar-refractivity contribution in [1.82, 2.24) is 9.97 Å². The van der Waals surface area contributed by atoms with Gasteiger partial charge in [0.05, 0.1) is 0 Å². The second-order valence-electron chi connectivity index (χ2n) is 4.48. The van der Waals surface area contributed by atoms with E-state index in [2.05, 4.69) is 16.9 Å². The van der Waals surface area contributed by atoms with Crippen molar-refractivity contribution in [3.63, 3.8) is 0 Å². The summed E-state index contributed by atoms with van der Waals surface area (Å²) in [5.74, 6) is 0.811. The number of nitrogens with two attached hydrogens (primary N) is 1. The van der Waals surface area contributed by atoms with Crippen molar-refractivity contribution < 1.29 is 4.74 Å². The molecule has 1 aromatic heterocycles. The molecular formula is C14H25N3O. The number of aryl methyl sites for hydroxylation is 2. The van der Waals surface area contributed by atoms with Crippen LogP contribution in [0.15, 0.2) is 0 Å². The largest absolute Gasteiger partial charge is 0.371 e. The lowest BCUT2D eigenvalue weighted by atomic mass is 10.1. The van der Waals surface area contributed by atoms with E-state index in [-0.39, 0.29) is 6.10 Å². The van der Waals surface area contributed by atoms with Gasteiger partial charge in [-0.3, -0.25) is 0 Å². The van der Waals surface area contributed by atoms with Gasteiger partial charge in [-0.2, -0.15) is 0 Å². The molecule has 0 spiro atoms. The molecule has 18 heavy (non-hydrogen) atoms. The van der Waals surface area contributed by atoms with Gasteiger partial charge in [-0.05, 0) is 52.1 Å². The lowest BCUT2D eigenvalue weighted by molar-refractivity contribution is 0.0532. The standard InChI is InChI=1S/C14H25N3O/c1-5-13(18-6-2)14-16-10(3)12(8-7-9-15)11(4)17-14/h13H,5-9,15H2,1-4H3. The minimum absolute atomic E-state index is 0.0101. The van der Waals surface area contributed by atoms with E-state index in [1.807, 2.05) is 20.8 Å². The highest BCUT2D eigenvalue weighted by Gasteiger charge is 2.15. The summed E-state index contributed by atoms with van der Waals surface area (Å²) in [5, 5.41) is 0. The van der Waals surface area contributed by atoms with Crippen molar-refractivity contribution in [3.05, 3.63) is 22.8 Å². The first kappa shape index (κ1) is 15.1. The summed E-state index contributed by atoms with van der Waals surface area (Å²) in [4.78, 5) is 9.20. The summed E-state index contributed by atoms with van der Waals surface area (Å²) in [6, 6.07) is 0. The van der Waals surface area contributed by atoms with Crippen LogP contribution in [-0.4, -0.2) is 23.1 Å². The minimum Gasteiger partial charge on any atom is -0.371 e. The van der Waals surface area contributed by atoms with Gasteiger partial charge in [0.25, 0.3) is 0 Å². The summed E-state index contributed by atoms with van der Waals surface area (Å²) >= 11 is 0. The van der Waals surface area contributed by atoms with E-state index in [4.69, 9.17) is 10.5 Å². The molecule has 0 saturated carbocycles. The summed E-state index contributed by atoms with van der Waals surface area (Å²) in [7, 11) is 0. The molecule has 4 nitrogen and oxygen atoms in total. The van der Waals surface area contributed by atoms with Crippen molar-refractivity contribution in [2.75, 3.05) is 13.2 Å². The van der Waals surface area contributed by atoms with Gasteiger partial charge < -0.3 is 10.5 Å². The first-order chi connectivity index (χ1) is 8.63. The molecule has 4 heteroatoms. The van der Waals surface area contributed by atoms with Crippen LogP contribution in [0.25, 0.3) is 0 Å². The Balaban J connectivity index is 2.97. The number of rotatable bonds is 7. The highest BCUT2D eigenvalue weighted by atomic mass is 16.5. The number of ether oxygens (including phenoxy) is 1. The topological polar surface area (TPSA) is 61.0 Å². The highest BCUT2D eigenvalue weighted by molar-refractivity contribution is 5.25. The molecule has 0 aliphatic heterocycles. The third-order valence-corrected chi connectivity index (χ3v) is 3.10. The monoisotopic (exact) mass is 251 g/mol. The van der Waals surface area contributed by atoms with E-state index in [1.165, 1.54) is 5.56 Å². The predicted octanol–water partition coefficient (Wildman–Crippen LogP) is 2.47. The van der Waals surface area contributed by atoms with E-state index in [0.29, 0.717) is 13.2 Å². The van der Waals surface area contributed by atoms with Crippen LogP contribution in [0.3, 0.4) is 0 Å². The molecule has 1 aromatic rings. The predicted molar refractivity (Wildman–Crippen MR) is 73.5 cm³/mol. The van der Waals surface area contributed by atoms with Crippen LogP contribution in [0.1, 0.15) is 55.6 Å². The third kappa shape index (κ3) is 3.75. The summed E-state index contributed by atoms with van der Waals surface area (Å²) < 4.78 is 5.66. The summed E-state index contributed by atoms with van der Waals surface area (Å²) in [5.41, 5.74) is 8.91. The van der Waals surface area contributed by atoms with Crippen LogP contribution in [-0.2, 0) is 11.2 Å². The maximum Gasteiger partial charge on any atom is 0.157 e. The Bertz CT molecular complexity index is 356. The lowest BCUT2D eigenvalue weighted by Gasteiger charge is -2.16. The van der Waals surface area contributed by atoms with Crippen LogP contribution in [0.5, 0.6) is 0 Å². The normalized spacial score (nSPS) is 12.7. The second-order valence-corrected chi connectivity index (χ2v) is 4.48. The Hall–Kier alpha value is -1.00. The van der Waals surface area contributed by atoms with E-state index >= 15 is 0 Å². The Morgan fingerprint density at radius 1 is 1.17 bits per heavy atom. The molecule has 1 rings (SSSR count). The average molecular weight is 251 g/mol. The van der Waals surface area contributed by atoms with Crippen molar-refractivity contribution in [1.29, 1.82) is 0 Å². The van der Waals surface area contributed by atoms with Gasteiger partial charge >= 0.3 is 0 Å². The molecule has 102 valence electrons. The fraction of sp³-hybridized carbons (Fsp3) is 0.714. The fourth-order valence-electron chi connectivity index (χ4n) is 2.13. The molecule has 0 fully saturated rings. The van der Waals surface area contributed by atoms with Crippen molar-refractivity contribution in [3.8, 4) is 0 Å². The molecule has 0 bridgehead atoms. The molecule has 0 amide bonds. The van der Waals surface area contributed by atoms with Crippen LogP contribution in [0, 0.1) is 13.8 Å². The van der Waals surface area contributed by atoms with Gasteiger partial charge in [0.15, 0.2) is 5.82 Å². The molecule has 0 aliphatic carbocycles. The van der Waals surface area contributed by atoms with E-state index in [1.54, 1.807) is 0 Å². The molecule has 0 radical (unpaired) electrons. The quantitative estimate of drug-likeness (QED) is 0.808. The van der Waals surface area contributed by atoms with Crippen molar-refractivity contribution in [2.45, 2.75) is 53.1 Å². The maximum atomic E-state index is 5.66. The molecule has 0 saturated heterocycles. The van der Waals surface area contributed by atoms with Gasteiger partial charge in [0.1, 0.15) is 6.10 Å². The third-order valence-electron chi connectivity index (χ3n) is 3.10. The number of nitrogens with zero attached hydrogens (tertiary/aromatic N) is 2. The Labute approximate surface area is 110 Å². The van der Waals surface area contributed by atoms with Gasteiger partial charge in [-0.15, -0.1) is 0 Å². The maximum absolute atomic E-state index is 5.66. The Morgan fingerprint density at radius 3 is 2.22 bits per heavy atom. The van der Waals surface area contributed by atoms with Gasteiger partial charge in [-0.25, -0.2) is 9.97 Å². The average Bonchev–Trinajstić information content (AvgIpc) is 2.34. The number of aromatic nitrogens is 2. The SMILES string of the molecule is CCOC(CC)c1nc(C)c(CCCN)c(C)n1. The van der Waals surface area contributed by atoms with Crippen LogP contribution in [0.4, 0.5) is 0 Å². The Morgan fingerprint density at radius 2 is 1.78 bits per heavy atom. The summed E-state index contributed by atoms with van der Waals surface area (Å²) in [6.07, 6.45) is 2.85. The first-order valence-corrected chi connectivity index (χ1v) is 6.79. The van der Waals surface area contributed by atoms with Gasteiger partial charge in [-0.1, -0.05) is 6.92 Å². The van der Waals surface area contributed by atoms with Crippen molar-refractivity contribution >= 4 is 0 Å². The highest BCUT2D eigenvalue weighted by Crippen LogP contribution is 2.20. The molecule has 0 aromatic carbocycles. The van der Waals surface area contributed by atoms with Crippen molar-refractivity contribution in [2.24, 2.45) is 5.73 Å². The van der Waals surface area contributed by atoms with Gasteiger partial charge in [0.2, 0.25) is 0 Å². The summed E-state index contributed by atoms with van der Waals surface area (Å²) in [6.45, 7) is 9.58. The smallest absolute Gasteiger partial charge is 0.157 e. The fourth-order valence-corrected chi connectivity index (χ4v) is 2.13. The minimum atomic E-state index is 0.0101. The number of hydrogen-bond donors (Lipinski definition) is 1. The zero-order chi connectivity index (χ0) is 13.5. The van der Waals surface area contributed by atoms with E-state index in [0.717, 1.165) is 36.5 Å². The molecule has 1 unspecified atom stereocenters. The number of hydrogen-bond acceptors (Lipinski definition) is 4. The molecular weight excluding hydrogens is 226 g/mol. The molecule has 1 heterocycles. The van der Waals surface area contributed by atoms with E-state index in [9.17, 15) is 0 Å². The molecule has 2 N–H and O–H groups in total. The lowest BCUT2D eigenvalue weighted by Crippen LogP contribution is -2.13. The van der Waals surface area contributed by atoms with Crippen LogP contribution in [0.2, 0.25) is 0 Å². The molecule has 1 atom stereocenters. The zero-order valence-corrected chi connectivity index (χ0v) is 12.0. The van der Waals surface area contributed by atoms with Crippen LogP contribution < -0.4 is 5.73 Å². The Kier molecular flexibility index (Phi) is 6.22. The van der Waals surface area contributed by atoms with Gasteiger partial charge in [0, 0.05) is 18.0 Å².